The number of ether oxygens (including phenoxy) is 1. The summed E-state index contributed by atoms with van der Waals surface area (Å²) in [6, 6.07) is 12.3. The van der Waals surface area contributed by atoms with Crippen LogP contribution in [0.4, 0.5) is 0 Å². The predicted molar refractivity (Wildman–Crippen MR) is 69.9 cm³/mol. The second kappa shape index (κ2) is 5.00. The van der Waals surface area contributed by atoms with Crippen LogP contribution in [0.15, 0.2) is 58.3 Å². The van der Waals surface area contributed by atoms with Gasteiger partial charge in [0.1, 0.15) is 5.75 Å². The van der Waals surface area contributed by atoms with Crippen LogP contribution in [0.2, 0.25) is 5.02 Å². The maximum atomic E-state index is 12.3. The number of sulfone groups is 1. The molecule has 0 saturated carbocycles. The van der Waals surface area contributed by atoms with Crippen molar-refractivity contribution in [1.82, 2.24) is 0 Å². The Morgan fingerprint density at radius 2 is 1.33 bits per heavy atom. The van der Waals surface area contributed by atoms with Crippen molar-refractivity contribution in [3.05, 3.63) is 53.6 Å². The van der Waals surface area contributed by atoms with E-state index in [1.165, 1.54) is 31.4 Å². The summed E-state index contributed by atoms with van der Waals surface area (Å²) in [6.45, 7) is 0. The van der Waals surface area contributed by atoms with Crippen LogP contribution in [-0.4, -0.2) is 15.5 Å². The molecule has 3 nitrogen and oxygen atoms in total. The van der Waals surface area contributed by atoms with Gasteiger partial charge in [-0.15, -0.1) is 0 Å². The van der Waals surface area contributed by atoms with Gasteiger partial charge < -0.3 is 4.74 Å². The summed E-state index contributed by atoms with van der Waals surface area (Å²) >= 11 is 5.74. The third-order valence-electron chi connectivity index (χ3n) is 2.49. The number of rotatable bonds is 3. The molecule has 2 aromatic rings. The van der Waals surface area contributed by atoms with E-state index in [9.17, 15) is 8.42 Å². The Balaban J connectivity index is 2.44. The summed E-state index contributed by atoms with van der Waals surface area (Å²) in [7, 11) is -1.96. The van der Waals surface area contributed by atoms with Gasteiger partial charge >= 0.3 is 0 Å². The minimum absolute atomic E-state index is 0.220. The van der Waals surface area contributed by atoms with Crippen molar-refractivity contribution in [1.29, 1.82) is 0 Å². The zero-order valence-electron chi connectivity index (χ0n) is 9.63. The lowest BCUT2D eigenvalue weighted by Crippen LogP contribution is -2.01. The minimum atomic E-state index is -3.49. The van der Waals surface area contributed by atoms with Crippen molar-refractivity contribution < 1.29 is 13.2 Å². The fraction of sp³-hybridized carbons (Fsp3) is 0.0769. The van der Waals surface area contributed by atoms with Crippen molar-refractivity contribution in [2.75, 3.05) is 7.11 Å². The lowest BCUT2D eigenvalue weighted by Gasteiger charge is -2.05. The largest absolute Gasteiger partial charge is 0.497 e. The van der Waals surface area contributed by atoms with Gasteiger partial charge in [-0.25, -0.2) is 8.42 Å². The monoisotopic (exact) mass is 282 g/mol. The highest BCUT2D eigenvalue weighted by molar-refractivity contribution is 7.91. The van der Waals surface area contributed by atoms with Gasteiger partial charge in [-0.3, -0.25) is 0 Å². The second-order valence-corrected chi connectivity index (χ2v) is 6.02. The molecule has 0 unspecified atom stereocenters. The fourth-order valence-corrected chi connectivity index (χ4v) is 2.89. The topological polar surface area (TPSA) is 43.4 Å². The van der Waals surface area contributed by atoms with Gasteiger partial charge in [-0.05, 0) is 48.5 Å². The minimum Gasteiger partial charge on any atom is -0.497 e. The van der Waals surface area contributed by atoms with Crippen LogP contribution in [-0.2, 0) is 9.84 Å². The van der Waals surface area contributed by atoms with E-state index >= 15 is 0 Å². The third-order valence-corrected chi connectivity index (χ3v) is 4.53. The standard InChI is InChI=1S/C13H11ClO3S/c1-17-11-4-8-13(9-5-11)18(15,16)12-6-2-10(14)3-7-12/h2-9H,1H3. The van der Waals surface area contributed by atoms with E-state index < -0.39 is 9.84 Å². The van der Waals surface area contributed by atoms with E-state index in [2.05, 4.69) is 0 Å². The van der Waals surface area contributed by atoms with Crippen LogP contribution in [0, 0.1) is 0 Å². The summed E-state index contributed by atoms with van der Waals surface area (Å²) in [5.74, 6) is 0.616. The first-order valence-electron chi connectivity index (χ1n) is 5.19. The van der Waals surface area contributed by atoms with E-state index in [4.69, 9.17) is 16.3 Å². The predicted octanol–water partition coefficient (Wildman–Crippen LogP) is 3.18. The van der Waals surface area contributed by atoms with Crippen LogP contribution in [0.25, 0.3) is 0 Å². The summed E-state index contributed by atoms with van der Waals surface area (Å²) in [5.41, 5.74) is 0. The molecule has 0 N–H and O–H groups in total. The molecule has 2 rings (SSSR count). The van der Waals surface area contributed by atoms with Gasteiger partial charge in [0, 0.05) is 5.02 Å². The molecule has 0 amide bonds. The van der Waals surface area contributed by atoms with Crippen LogP contribution >= 0.6 is 11.6 Å². The van der Waals surface area contributed by atoms with Crippen LogP contribution in [0.3, 0.4) is 0 Å². The highest BCUT2D eigenvalue weighted by Crippen LogP contribution is 2.24. The zero-order chi connectivity index (χ0) is 13.2. The van der Waals surface area contributed by atoms with Crippen molar-refractivity contribution in [2.24, 2.45) is 0 Å². The van der Waals surface area contributed by atoms with Crippen LogP contribution < -0.4 is 4.74 Å². The Morgan fingerprint density at radius 3 is 1.78 bits per heavy atom. The SMILES string of the molecule is COc1ccc(S(=O)(=O)c2ccc(Cl)cc2)cc1. The number of halogens is 1. The molecule has 0 radical (unpaired) electrons. The molecule has 0 bridgehead atoms. The molecular weight excluding hydrogens is 272 g/mol. The third kappa shape index (κ3) is 2.49. The molecule has 0 aliphatic carbocycles. The normalized spacial score (nSPS) is 11.2. The van der Waals surface area contributed by atoms with Crippen molar-refractivity contribution >= 4 is 21.4 Å². The fourth-order valence-electron chi connectivity index (χ4n) is 1.50. The summed E-state index contributed by atoms with van der Waals surface area (Å²) in [6.07, 6.45) is 0. The first-order valence-corrected chi connectivity index (χ1v) is 7.05. The molecule has 5 heteroatoms. The second-order valence-electron chi connectivity index (χ2n) is 3.63. The Bertz CT molecular complexity index is 631. The maximum Gasteiger partial charge on any atom is 0.206 e. The number of benzene rings is 2. The van der Waals surface area contributed by atoms with Gasteiger partial charge in [0.25, 0.3) is 0 Å². The van der Waals surface area contributed by atoms with Crippen molar-refractivity contribution in [2.45, 2.75) is 9.79 Å². The van der Waals surface area contributed by atoms with Gasteiger partial charge in [0.05, 0.1) is 16.9 Å². The number of methoxy groups -OCH3 is 1. The summed E-state index contributed by atoms with van der Waals surface area (Å²) < 4.78 is 29.5. The van der Waals surface area contributed by atoms with Crippen molar-refractivity contribution in [3.8, 4) is 5.75 Å². The maximum absolute atomic E-state index is 12.3. The van der Waals surface area contributed by atoms with Crippen LogP contribution in [0.1, 0.15) is 0 Å². The van der Waals surface area contributed by atoms with E-state index in [-0.39, 0.29) is 9.79 Å². The Morgan fingerprint density at radius 1 is 0.889 bits per heavy atom. The Labute approximate surface area is 111 Å². The first-order chi connectivity index (χ1) is 8.54. The number of hydrogen-bond donors (Lipinski definition) is 0. The molecule has 0 saturated heterocycles. The molecule has 0 fully saturated rings. The molecular formula is C13H11ClO3S. The average molecular weight is 283 g/mol. The molecule has 0 heterocycles. The molecule has 0 atom stereocenters. The molecule has 2 aromatic carbocycles. The Hall–Kier alpha value is -1.52. The van der Waals surface area contributed by atoms with E-state index in [1.807, 2.05) is 0 Å². The smallest absolute Gasteiger partial charge is 0.206 e. The molecule has 18 heavy (non-hydrogen) atoms. The lowest BCUT2D eigenvalue weighted by molar-refractivity contribution is 0.414. The summed E-state index contributed by atoms with van der Waals surface area (Å²) in [4.78, 5) is 0.447. The van der Waals surface area contributed by atoms with Gasteiger partial charge in [-0.1, -0.05) is 11.6 Å². The van der Waals surface area contributed by atoms with Gasteiger partial charge in [-0.2, -0.15) is 0 Å². The average Bonchev–Trinajstić information content (AvgIpc) is 2.39. The van der Waals surface area contributed by atoms with Gasteiger partial charge in [0.15, 0.2) is 0 Å². The van der Waals surface area contributed by atoms with E-state index in [0.717, 1.165) is 0 Å². The molecule has 0 aromatic heterocycles. The van der Waals surface area contributed by atoms with Gasteiger partial charge in [0.2, 0.25) is 9.84 Å². The number of hydrogen-bond acceptors (Lipinski definition) is 3. The van der Waals surface area contributed by atoms with E-state index in [0.29, 0.717) is 10.8 Å². The van der Waals surface area contributed by atoms with E-state index in [1.54, 1.807) is 24.3 Å². The quantitative estimate of drug-likeness (QED) is 0.868. The Kier molecular flexibility index (Phi) is 3.59. The molecule has 0 aliphatic rings. The molecule has 94 valence electrons. The lowest BCUT2D eigenvalue weighted by atomic mass is 10.3. The molecule has 0 aliphatic heterocycles. The van der Waals surface area contributed by atoms with Crippen LogP contribution in [0.5, 0.6) is 5.75 Å². The highest BCUT2D eigenvalue weighted by atomic mass is 35.5. The zero-order valence-corrected chi connectivity index (χ0v) is 11.2. The summed E-state index contributed by atoms with van der Waals surface area (Å²) in [5, 5.41) is 0.503. The van der Waals surface area contributed by atoms with Crippen molar-refractivity contribution in [3.63, 3.8) is 0 Å². The molecule has 0 spiro atoms. The highest BCUT2D eigenvalue weighted by Gasteiger charge is 2.17. The first kappa shape index (κ1) is 12.9.